The van der Waals surface area contributed by atoms with Crippen LogP contribution < -0.4 is 4.57 Å². The van der Waals surface area contributed by atoms with Gasteiger partial charge in [0.05, 0.1) is 17.2 Å². The highest BCUT2D eigenvalue weighted by Crippen LogP contribution is 2.38. The Bertz CT molecular complexity index is 1150. The zero-order valence-electron chi connectivity index (χ0n) is 13.9. The second-order valence-electron chi connectivity index (χ2n) is 6.23. The lowest BCUT2D eigenvalue weighted by Crippen LogP contribution is -2.30. The van der Waals surface area contributed by atoms with E-state index in [1.54, 1.807) is 0 Å². The first kappa shape index (κ1) is 14.5. The lowest BCUT2D eigenvalue weighted by Gasteiger charge is -2.07. The van der Waals surface area contributed by atoms with E-state index in [1.807, 2.05) is 44.3 Å². The van der Waals surface area contributed by atoms with Crippen molar-refractivity contribution in [3.8, 4) is 17.3 Å². The van der Waals surface area contributed by atoms with E-state index in [4.69, 9.17) is 4.42 Å². The summed E-state index contributed by atoms with van der Waals surface area (Å²) in [5.74, 6) is 0. The number of nitriles is 1. The van der Waals surface area contributed by atoms with Crippen LogP contribution in [-0.2, 0) is 7.05 Å². The maximum Gasteiger partial charge on any atom is 0.216 e. The van der Waals surface area contributed by atoms with Crippen molar-refractivity contribution in [2.24, 2.45) is 7.05 Å². The van der Waals surface area contributed by atoms with E-state index in [9.17, 15) is 5.26 Å². The van der Waals surface area contributed by atoms with Crippen molar-refractivity contribution in [3.05, 3.63) is 65.4 Å². The number of benzene rings is 2. The molecule has 2 aromatic carbocycles. The number of pyridine rings is 1. The molecule has 0 aliphatic rings. The molecule has 0 saturated carbocycles. The van der Waals surface area contributed by atoms with Crippen molar-refractivity contribution in [2.75, 3.05) is 0 Å². The Morgan fingerprint density at radius 1 is 1.08 bits per heavy atom. The minimum Gasteiger partial charge on any atom is -0.455 e. The fourth-order valence-corrected chi connectivity index (χ4v) is 3.36. The van der Waals surface area contributed by atoms with Gasteiger partial charge in [0, 0.05) is 22.9 Å². The monoisotopic (exact) mass is 313 g/mol. The lowest BCUT2D eigenvalue weighted by molar-refractivity contribution is -0.660. The average Bonchev–Trinajstić information content (AvgIpc) is 2.96. The number of hydrogen-bond donors (Lipinski definition) is 0. The molecule has 0 fully saturated rings. The molecule has 116 valence electrons. The highest BCUT2D eigenvalue weighted by molar-refractivity contribution is 6.12. The number of aryl methyl sites for hydroxylation is 3. The quantitative estimate of drug-likeness (QED) is 0.483. The van der Waals surface area contributed by atoms with Gasteiger partial charge in [-0.1, -0.05) is 18.2 Å². The average molecular weight is 313 g/mol. The minimum atomic E-state index is 0.659. The first-order chi connectivity index (χ1) is 11.6. The van der Waals surface area contributed by atoms with Crippen LogP contribution in [0.3, 0.4) is 0 Å². The van der Waals surface area contributed by atoms with E-state index >= 15 is 0 Å². The molecule has 2 heterocycles. The van der Waals surface area contributed by atoms with Crippen LogP contribution in [0.5, 0.6) is 0 Å². The van der Waals surface area contributed by atoms with Crippen LogP contribution in [0.2, 0.25) is 0 Å². The minimum absolute atomic E-state index is 0.659. The fraction of sp³-hybridized carbons (Fsp3) is 0.143. The molecule has 0 spiro atoms. The van der Waals surface area contributed by atoms with Crippen molar-refractivity contribution in [3.63, 3.8) is 0 Å². The number of hydrogen-bond acceptors (Lipinski definition) is 2. The van der Waals surface area contributed by atoms with Crippen molar-refractivity contribution in [1.29, 1.82) is 5.26 Å². The third-order valence-corrected chi connectivity index (χ3v) is 4.53. The zero-order chi connectivity index (χ0) is 16.8. The van der Waals surface area contributed by atoms with Crippen LogP contribution in [0.1, 0.15) is 16.7 Å². The molecule has 2 aromatic heterocycles. The standard InChI is InChI=1S/C21H17N2O/c1-13-8-9-23(3)17(10-13)19-14(2)11-15(12-22)20-16-6-4-5-7-18(16)24-21(19)20/h4-11H,1-3H3/q+1. The van der Waals surface area contributed by atoms with Gasteiger partial charge in [-0.25, -0.2) is 4.57 Å². The predicted molar refractivity (Wildman–Crippen MR) is 94.5 cm³/mol. The van der Waals surface area contributed by atoms with Gasteiger partial charge in [0.15, 0.2) is 11.8 Å². The smallest absolute Gasteiger partial charge is 0.216 e. The van der Waals surface area contributed by atoms with Gasteiger partial charge < -0.3 is 4.42 Å². The van der Waals surface area contributed by atoms with Crippen LogP contribution in [0.15, 0.2) is 53.1 Å². The molecule has 0 atom stereocenters. The highest BCUT2D eigenvalue weighted by Gasteiger charge is 2.23. The summed E-state index contributed by atoms with van der Waals surface area (Å²) in [5.41, 5.74) is 6.62. The predicted octanol–water partition coefficient (Wildman–Crippen LogP) is 4.57. The van der Waals surface area contributed by atoms with E-state index < -0.39 is 0 Å². The molecule has 4 rings (SSSR count). The summed E-state index contributed by atoms with van der Waals surface area (Å²) in [4.78, 5) is 0. The first-order valence-corrected chi connectivity index (χ1v) is 7.91. The Hall–Kier alpha value is -3.12. The van der Waals surface area contributed by atoms with Crippen LogP contribution in [0.25, 0.3) is 33.2 Å². The Balaban J connectivity index is 2.23. The van der Waals surface area contributed by atoms with Crippen molar-refractivity contribution in [2.45, 2.75) is 13.8 Å². The van der Waals surface area contributed by atoms with E-state index in [-0.39, 0.29) is 0 Å². The van der Waals surface area contributed by atoms with Gasteiger partial charge in [0.25, 0.3) is 0 Å². The highest BCUT2D eigenvalue weighted by atomic mass is 16.3. The number of para-hydroxylation sites is 1. The van der Waals surface area contributed by atoms with Crippen molar-refractivity contribution in [1.82, 2.24) is 0 Å². The Morgan fingerprint density at radius 3 is 2.67 bits per heavy atom. The van der Waals surface area contributed by atoms with E-state index in [2.05, 4.69) is 35.9 Å². The van der Waals surface area contributed by atoms with Crippen molar-refractivity contribution >= 4 is 21.9 Å². The van der Waals surface area contributed by atoms with Gasteiger partial charge in [-0.3, -0.25) is 0 Å². The summed E-state index contributed by atoms with van der Waals surface area (Å²) < 4.78 is 8.28. The summed E-state index contributed by atoms with van der Waals surface area (Å²) in [5, 5.41) is 11.5. The SMILES string of the molecule is Cc1cc[n+](C)c(-c2c(C)cc(C#N)c3c2oc2ccccc23)c1. The van der Waals surface area contributed by atoms with Gasteiger partial charge in [-0.05, 0) is 37.1 Å². The molecule has 3 nitrogen and oxygen atoms in total. The van der Waals surface area contributed by atoms with Gasteiger partial charge in [0.2, 0.25) is 5.69 Å². The van der Waals surface area contributed by atoms with Crippen LogP contribution >= 0.6 is 0 Å². The summed E-state index contributed by atoms with van der Waals surface area (Å²) in [7, 11) is 2.03. The largest absolute Gasteiger partial charge is 0.455 e. The Labute approximate surface area is 140 Å². The number of fused-ring (bicyclic) bond motifs is 3. The van der Waals surface area contributed by atoms with Crippen LogP contribution in [0, 0.1) is 25.2 Å². The lowest BCUT2D eigenvalue weighted by atomic mass is 9.96. The topological polar surface area (TPSA) is 40.8 Å². The van der Waals surface area contributed by atoms with E-state index in [1.165, 1.54) is 5.56 Å². The molecule has 0 saturated heterocycles. The number of aromatic nitrogens is 1. The second kappa shape index (κ2) is 5.21. The molecule has 0 aliphatic carbocycles. The molecule has 0 N–H and O–H groups in total. The summed E-state index contributed by atoms with van der Waals surface area (Å²) in [6.45, 7) is 4.11. The molecule has 0 radical (unpaired) electrons. The third kappa shape index (κ3) is 2.00. The molecule has 0 aliphatic heterocycles. The molecular weight excluding hydrogens is 296 g/mol. The molecule has 0 bridgehead atoms. The Kier molecular flexibility index (Phi) is 3.14. The number of rotatable bonds is 1. The Morgan fingerprint density at radius 2 is 1.88 bits per heavy atom. The van der Waals surface area contributed by atoms with Gasteiger partial charge in [0.1, 0.15) is 12.6 Å². The molecule has 4 aromatic rings. The number of furan rings is 1. The van der Waals surface area contributed by atoms with Crippen LogP contribution in [0.4, 0.5) is 0 Å². The van der Waals surface area contributed by atoms with Gasteiger partial charge >= 0.3 is 0 Å². The van der Waals surface area contributed by atoms with E-state index in [0.29, 0.717) is 5.56 Å². The molecule has 24 heavy (non-hydrogen) atoms. The maximum absolute atomic E-state index is 9.60. The fourth-order valence-electron chi connectivity index (χ4n) is 3.36. The van der Waals surface area contributed by atoms with Crippen LogP contribution in [-0.4, -0.2) is 0 Å². The normalized spacial score (nSPS) is 11.1. The molecule has 3 heteroatoms. The second-order valence-corrected chi connectivity index (χ2v) is 6.23. The molecular formula is C21H17N2O+. The summed E-state index contributed by atoms with van der Waals surface area (Å²) in [6, 6.07) is 16.4. The van der Waals surface area contributed by atoms with Gasteiger partial charge in [-0.2, -0.15) is 5.26 Å². The van der Waals surface area contributed by atoms with E-state index in [0.717, 1.165) is 38.8 Å². The molecule has 0 amide bonds. The zero-order valence-corrected chi connectivity index (χ0v) is 13.9. The maximum atomic E-state index is 9.60. The third-order valence-electron chi connectivity index (χ3n) is 4.53. The summed E-state index contributed by atoms with van der Waals surface area (Å²) >= 11 is 0. The number of nitrogens with zero attached hydrogens (tertiary/aromatic N) is 2. The molecule has 0 unspecified atom stereocenters. The van der Waals surface area contributed by atoms with Crippen molar-refractivity contribution < 1.29 is 8.98 Å². The van der Waals surface area contributed by atoms with Gasteiger partial charge in [-0.15, -0.1) is 0 Å². The summed E-state index contributed by atoms with van der Waals surface area (Å²) in [6.07, 6.45) is 2.05. The first-order valence-electron chi connectivity index (χ1n) is 7.91.